The van der Waals surface area contributed by atoms with Crippen molar-refractivity contribution in [3.8, 4) is 0 Å². The van der Waals surface area contributed by atoms with E-state index in [1.54, 1.807) is 38.1 Å². The smallest absolute Gasteiger partial charge is 0.329 e. The van der Waals surface area contributed by atoms with Crippen LogP contribution in [0.25, 0.3) is 0 Å². The zero-order chi connectivity index (χ0) is 19.7. The molecule has 0 saturated heterocycles. The molecule has 0 aromatic heterocycles. The van der Waals surface area contributed by atoms with Gasteiger partial charge in [-0.3, -0.25) is 10.1 Å². The molecule has 0 spiro atoms. The van der Waals surface area contributed by atoms with E-state index in [9.17, 15) is 19.2 Å². The van der Waals surface area contributed by atoms with Gasteiger partial charge in [-0.2, -0.15) is 0 Å². The first-order valence-electron chi connectivity index (χ1n) is 8.10. The van der Waals surface area contributed by atoms with Crippen LogP contribution in [0.4, 0.5) is 15.3 Å². The van der Waals surface area contributed by atoms with E-state index in [1.807, 2.05) is 11.4 Å². The van der Waals surface area contributed by atoms with Crippen LogP contribution in [0.15, 0.2) is 30.3 Å². The molecule has 26 heavy (non-hydrogen) atoms. The SMILES string of the molecule is CNC(=O)NC(=O)[C@H](C)OC(=O)[C@H](NC(=O)Nc1ccccc1)C(C)C. The minimum absolute atomic E-state index is 0.279. The molecule has 9 heteroatoms. The van der Waals surface area contributed by atoms with E-state index in [1.165, 1.54) is 14.0 Å². The first-order valence-corrected chi connectivity index (χ1v) is 8.10. The number of imide groups is 1. The highest BCUT2D eigenvalue weighted by atomic mass is 16.5. The summed E-state index contributed by atoms with van der Waals surface area (Å²) >= 11 is 0. The van der Waals surface area contributed by atoms with Gasteiger partial charge in [-0.05, 0) is 25.0 Å². The Morgan fingerprint density at radius 1 is 0.962 bits per heavy atom. The number of urea groups is 2. The third-order valence-electron chi connectivity index (χ3n) is 3.36. The monoisotopic (exact) mass is 364 g/mol. The minimum Gasteiger partial charge on any atom is -0.451 e. The Morgan fingerprint density at radius 2 is 1.58 bits per heavy atom. The van der Waals surface area contributed by atoms with Gasteiger partial charge in [-0.1, -0.05) is 32.0 Å². The number of benzene rings is 1. The molecule has 142 valence electrons. The van der Waals surface area contributed by atoms with Gasteiger partial charge in [0.2, 0.25) is 0 Å². The summed E-state index contributed by atoms with van der Waals surface area (Å²) in [5.41, 5.74) is 0.569. The highest BCUT2D eigenvalue weighted by molar-refractivity contribution is 5.97. The number of rotatable bonds is 6. The Bertz CT molecular complexity index is 648. The molecule has 0 saturated carbocycles. The summed E-state index contributed by atoms with van der Waals surface area (Å²) in [5, 5.41) is 9.36. The van der Waals surface area contributed by atoms with Gasteiger partial charge in [0.15, 0.2) is 6.10 Å². The van der Waals surface area contributed by atoms with E-state index >= 15 is 0 Å². The molecule has 0 bridgehead atoms. The molecule has 9 nitrogen and oxygen atoms in total. The third-order valence-corrected chi connectivity index (χ3v) is 3.36. The van der Waals surface area contributed by atoms with Crippen molar-refractivity contribution in [3.63, 3.8) is 0 Å². The number of hydrogen-bond acceptors (Lipinski definition) is 5. The van der Waals surface area contributed by atoms with Crippen molar-refractivity contribution in [2.45, 2.75) is 32.9 Å². The zero-order valence-corrected chi connectivity index (χ0v) is 15.2. The van der Waals surface area contributed by atoms with Gasteiger partial charge in [0.25, 0.3) is 5.91 Å². The van der Waals surface area contributed by atoms with Crippen molar-refractivity contribution < 1.29 is 23.9 Å². The summed E-state index contributed by atoms with van der Waals surface area (Å²) in [6.45, 7) is 4.78. The molecule has 1 rings (SSSR count). The second-order valence-corrected chi connectivity index (χ2v) is 5.83. The fourth-order valence-electron chi connectivity index (χ4n) is 1.90. The predicted molar refractivity (Wildman–Crippen MR) is 95.4 cm³/mol. The number of hydrogen-bond donors (Lipinski definition) is 4. The van der Waals surface area contributed by atoms with E-state index in [0.717, 1.165) is 0 Å². The fourth-order valence-corrected chi connectivity index (χ4v) is 1.90. The highest BCUT2D eigenvalue weighted by Crippen LogP contribution is 2.08. The Labute approximate surface area is 151 Å². The number of nitrogens with one attached hydrogen (secondary N) is 4. The van der Waals surface area contributed by atoms with Crippen LogP contribution in [0.2, 0.25) is 0 Å². The maximum absolute atomic E-state index is 12.3. The average molecular weight is 364 g/mol. The Balaban J connectivity index is 2.64. The quantitative estimate of drug-likeness (QED) is 0.565. The summed E-state index contributed by atoms with van der Waals surface area (Å²) in [4.78, 5) is 47.3. The summed E-state index contributed by atoms with van der Waals surface area (Å²) in [5.74, 6) is -1.82. The van der Waals surface area contributed by atoms with Crippen LogP contribution in [0.1, 0.15) is 20.8 Å². The number of esters is 1. The zero-order valence-electron chi connectivity index (χ0n) is 15.2. The van der Waals surface area contributed by atoms with E-state index in [4.69, 9.17) is 4.74 Å². The van der Waals surface area contributed by atoms with Gasteiger partial charge in [0, 0.05) is 12.7 Å². The third kappa shape index (κ3) is 6.80. The van der Waals surface area contributed by atoms with E-state index in [2.05, 4.69) is 16.0 Å². The van der Waals surface area contributed by atoms with Gasteiger partial charge >= 0.3 is 18.0 Å². The van der Waals surface area contributed by atoms with Gasteiger partial charge < -0.3 is 20.7 Å². The fraction of sp³-hybridized carbons (Fsp3) is 0.412. The Hall–Kier alpha value is -3.10. The topological polar surface area (TPSA) is 126 Å². The van der Waals surface area contributed by atoms with Gasteiger partial charge in [0.1, 0.15) is 6.04 Å². The number of para-hydroxylation sites is 1. The maximum atomic E-state index is 12.3. The van der Waals surface area contributed by atoms with Crippen molar-refractivity contribution in [3.05, 3.63) is 30.3 Å². The first-order chi connectivity index (χ1) is 12.2. The standard InChI is InChI=1S/C17H24N4O5/c1-10(2)13(20-17(25)19-12-8-6-5-7-9-12)15(23)26-11(3)14(22)21-16(24)18-4/h5-11,13H,1-4H3,(H2,19,20,25)(H2,18,21,22,24)/t11-,13+/m0/s1. The van der Waals surface area contributed by atoms with Crippen molar-refractivity contribution >= 4 is 29.6 Å². The summed E-state index contributed by atoms with van der Waals surface area (Å²) in [7, 11) is 1.35. The van der Waals surface area contributed by atoms with Crippen LogP contribution < -0.4 is 21.3 Å². The van der Waals surface area contributed by atoms with Crippen LogP contribution in [-0.4, -0.2) is 43.1 Å². The van der Waals surface area contributed by atoms with Gasteiger partial charge in [-0.25, -0.2) is 14.4 Å². The average Bonchev–Trinajstić information content (AvgIpc) is 2.59. The van der Waals surface area contributed by atoms with Crippen molar-refractivity contribution in [1.82, 2.24) is 16.0 Å². The lowest BCUT2D eigenvalue weighted by Crippen LogP contribution is -2.49. The normalized spacial score (nSPS) is 12.5. The largest absolute Gasteiger partial charge is 0.451 e. The number of carbonyl (C=O) groups excluding carboxylic acids is 4. The maximum Gasteiger partial charge on any atom is 0.329 e. The molecule has 1 aromatic carbocycles. The molecule has 0 heterocycles. The molecule has 4 N–H and O–H groups in total. The van der Waals surface area contributed by atoms with Crippen LogP contribution >= 0.6 is 0 Å². The minimum atomic E-state index is -1.19. The van der Waals surface area contributed by atoms with Crippen LogP contribution in [0, 0.1) is 5.92 Å². The molecule has 0 aliphatic rings. The molecule has 0 aliphatic heterocycles. The Kier molecular flexibility index (Phi) is 8.07. The lowest BCUT2D eigenvalue weighted by molar-refractivity contribution is -0.157. The first kappa shape index (κ1) is 20.9. The Morgan fingerprint density at radius 3 is 2.12 bits per heavy atom. The van der Waals surface area contributed by atoms with E-state index in [0.29, 0.717) is 5.69 Å². The summed E-state index contributed by atoms with van der Waals surface area (Å²) in [6.07, 6.45) is -1.19. The predicted octanol–water partition coefficient (Wildman–Crippen LogP) is 1.22. The molecule has 2 atom stereocenters. The molecule has 0 radical (unpaired) electrons. The summed E-state index contributed by atoms with van der Waals surface area (Å²) in [6, 6.07) is 6.48. The lowest BCUT2D eigenvalue weighted by atomic mass is 10.0. The molecule has 0 unspecified atom stereocenters. The molecular weight excluding hydrogens is 340 g/mol. The molecule has 1 aromatic rings. The van der Waals surface area contributed by atoms with Crippen LogP contribution in [-0.2, 0) is 14.3 Å². The molecule has 5 amide bonds. The molecule has 0 aliphatic carbocycles. The second kappa shape index (κ2) is 10.0. The van der Waals surface area contributed by atoms with Gasteiger partial charge in [-0.15, -0.1) is 0 Å². The molecule has 0 fully saturated rings. The van der Waals surface area contributed by atoms with E-state index in [-0.39, 0.29) is 5.92 Å². The number of ether oxygens (including phenoxy) is 1. The number of anilines is 1. The van der Waals surface area contributed by atoms with Crippen LogP contribution in [0.3, 0.4) is 0 Å². The van der Waals surface area contributed by atoms with E-state index < -0.39 is 36.1 Å². The lowest BCUT2D eigenvalue weighted by Gasteiger charge is -2.23. The van der Waals surface area contributed by atoms with Crippen molar-refractivity contribution in [1.29, 1.82) is 0 Å². The summed E-state index contributed by atoms with van der Waals surface area (Å²) < 4.78 is 5.06. The van der Waals surface area contributed by atoms with Crippen molar-refractivity contribution in [2.75, 3.05) is 12.4 Å². The second-order valence-electron chi connectivity index (χ2n) is 5.83. The van der Waals surface area contributed by atoms with Crippen LogP contribution in [0.5, 0.6) is 0 Å². The number of amides is 5. The molecular formula is C17H24N4O5. The van der Waals surface area contributed by atoms with Crippen molar-refractivity contribution in [2.24, 2.45) is 5.92 Å². The highest BCUT2D eigenvalue weighted by Gasteiger charge is 2.29. The van der Waals surface area contributed by atoms with Gasteiger partial charge in [0.05, 0.1) is 0 Å². The number of carbonyl (C=O) groups is 4.